The van der Waals surface area contributed by atoms with Crippen LogP contribution in [-0.2, 0) is 11.3 Å². The standard InChI is InChI=1S/C15H22N2O/c1-2-10-16-14-9-6-11-17(15(14)18)12-13-7-4-3-5-8-13/h3-5,7-8,14,16H,2,6,9-12H2,1H3. The molecule has 1 fully saturated rings. The van der Waals surface area contributed by atoms with Crippen molar-refractivity contribution in [3.05, 3.63) is 35.9 Å². The van der Waals surface area contributed by atoms with Crippen LogP contribution >= 0.6 is 0 Å². The molecule has 0 aliphatic carbocycles. The van der Waals surface area contributed by atoms with Crippen molar-refractivity contribution >= 4 is 5.91 Å². The van der Waals surface area contributed by atoms with Crippen molar-refractivity contribution in [3.63, 3.8) is 0 Å². The normalized spacial score (nSPS) is 20.2. The fourth-order valence-electron chi connectivity index (χ4n) is 2.41. The molecule has 0 radical (unpaired) electrons. The lowest BCUT2D eigenvalue weighted by molar-refractivity contribution is -0.136. The summed E-state index contributed by atoms with van der Waals surface area (Å²) >= 11 is 0. The van der Waals surface area contributed by atoms with E-state index < -0.39 is 0 Å². The number of piperidine rings is 1. The lowest BCUT2D eigenvalue weighted by atomic mass is 10.0. The van der Waals surface area contributed by atoms with E-state index in [-0.39, 0.29) is 11.9 Å². The minimum absolute atomic E-state index is 0.0300. The summed E-state index contributed by atoms with van der Waals surface area (Å²) in [6.45, 7) is 4.68. The average molecular weight is 246 g/mol. The van der Waals surface area contributed by atoms with Crippen molar-refractivity contribution in [2.75, 3.05) is 13.1 Å². The molecule has 1 aromatic rings. The number of carbonyl (C=O) groups is 1. The first-order chi connectivity index (χ1) is 8.81. The molecule has 2 rings (SSSR count). The number of benzene rings is 1. The highest BCUT2D eigenvalue weighted by Crippen LogP contribution is 2.15. The number of hydrogen-bond acceptors (Lipinski definition) is 2. The van der Waals surface area contributed by atoms with Gasteiger partial charge in [-0.1, -0.05) is 37.3 Å². The third-order valence-electron chi connectivity index (χ3n) is 3.39. The van der Waals surface area contributed by atoms with Crippen molar-refractivity contribution in [1.29, 1.82) is 0 Å². The van der Waals surface area contributed by atoms with E-state index in [9.17, 15) is 4.79 Å². The molecular weight excluding hydrogens is 224 g/mol. The highest BCUT2D eigenvalue weighted by Gasteiger charge is 2.27. The minimum atomic E-state index is 0.0300. The van der Waals surface area contributed by atoms with E-state index in [0.29, 0.717) is 0 Å². The van der Waals surface area contributed by atoms with E-state index in [4.69, 9.17) is 0 Å². The summed E-state index contributed by atoms with van der Waals surface area (Å²) in [7, 11) is 0. The van der Waals surface area contributed by atoms with Gasteiger partial charge in [0.05, 0.1) is 6.04 Å². The first-order valence-electron chi connectivity index (χ1n) is 6.87. The van der Waals surface area contributed by atoms with Crippen LogP contribution in [0.3, 0.4) is 0 Å². The number of rotatable bonds is 5. The molecule has 98 valence electrons. The van der Waals surface area contributed by atoms with Gasteiger partial charge in [-0.3, -0.25) is 4.79 Å². The van der Waals surface area contributed by atoms with E-state index in [1.165, 1.54) is 5.56 Å². The van der Waals surface area contributed by atoms with E-state index in [1.54, 1.807) is 0 Å². The van der Waals surface area contributed by atoms with Crippen LogP contribution in [0.25, 0.3) is 0 Å². The molecule has 0 saturated carbocycles. The summed E-state index contributed by atoms with van der Waals surface area (Å²) in [5.41, 5.74) is 1.21. The van der Waals surface area contributed by atoms with Gasteiger partial charge in [0.2, 0.25) is 5.91 Å². The molecule has 3 heteroatoms. The monoisotopic (exact) mass is 246 g/mol. The van der Waals surface area contributed by atoms with Crippen LogP contribution in [0, 0.1) is 0 Å². The van der Waals surface area contributed by atoms with Crippen molar-refractivity contribution in [1.82, 2.24) is 10.2 Å². The molecular formula is C15H22N2O. The third kappa shape index (κ3) is 3.33. The Balaban J connectivity index is 1.94. The Kier molecular flexibility index (Phi) is 4.76. The maximum atomic E-state index is 12.3. The van der Waals surface area contributed by atoms with Gasteiger partial charge in [-0.05, 0) is 31.4 Å². The number of likely N-dealkylation sites (tertiary alicyclic amines) is 1. The predicted molar refractivity (Wildman–Crippen MR) is 73.2 cm³/mol. The summed E-state index contributed by atoms with van der Waals surface area (Å²) < 4.78 is 0. The highest BCUT2D eigenvalue weighted by molar-refractivity contribution is 5.82. The number of hydrogen-bond donors (Lipinski definition) is 1. The molecule has 1 atom stereocenters. The number of nitrogens with one attached hydrogen (secondary N) is 1. The second kappa shape index (κ2) is 6.55. The Hall–Kier alpha value is -1.35. The van der Waals surface area contributed by atoms with Gasteiger partial charge in [-0.15, -0.1) is 0 Å². The Labute approximate surface area is 109 Å². The molecule has 1 heterocycles. The molecule has 0 bridgehead atoms. The van der Waals surface area contributed by atoms with E-state index in [2.05, 4.69) is 24.4 Å². The van der Waals surface area contributed by atoms with E-state index >= 15 is 0 Å². The number of amides is 1. The number of carbonyl (C=O) groups excluding carboxylic acids is 1. The van der Waals surface area contributed by atoms with Crippen molar-refractivity contribution in [2.45, 2.75) is 38.8 Å². The number of nitrogens with zero attached hydrogens (tertiary/aromatic N) is 1. The Morgan fingerprint density at radius 2 is 2.11 bits per heavy atom. The quantitative estimate of drug-likeness (QED) is 0.863. The van der Waals surface area contributed by atoms with Crippen molar-refractivity contribution in [3.8, 4) is 0 Å². The van der Waals surface area contributed by atoms with Crippen LogP contribution in [0.5, 0.6) is 0 Å². The Bertz CT molecular complexity index is 377. The Morgan fingerprint density at radius 3 is 2.83 bits per heavy atom. The van der Waals surface area contributed by atoms with Crippen LogP contribution in [-0.4, -0.2) is 29.9 Å². The van der Waals surface area contributed by atoms with Gasteiger partial charge in [0.15, 0.2) is 0 Å². The van der Waals surface area contributed by atoms with Crippen LogP contribution in [0.1, 0.15) is 31.7 Å². The topological polar surface area (TPSA) is 32.3 Å². The van der Waals surface area contributed by atoms with Gasteiger partial charge in [0.1, 0.15) is 0 Å². The molecule has 0 aromatic heterocycles. The zero-order chi connectivity index (χ0) is 12.8. The molecule has 1 aliphatic heterocycles. The molecule has 1 saturated heterocycles. The summed E-state index contributed by atoms with van der Waals surface area (Å²) in [6.07, 6.45) is 3.15. The van der Waals surface area contributed by atoms with Gasteiger partial charge in [-0.25, -0.2) is 0 Å². The lowest BCUT2D eigenvalue weighted by Crippen LogP contribution is -2.50. The van der Waals surface area contributed by atoms with Gasteiger partial charge in [0, 0.05) is 13.1 Å². The summed E-state index contributed by atoms with van der Waals surface area (Å²) in [5.74, 6) is 0.263. The van der Waals surface area contributed by atoms with Crippen LogP contribution in [0.2, 0.25) is 0 Å². The molecule has 3 nitrogen and oxygen atoms in total. The molecule has 1 unspecified atom stereocenters. The zero-order valence-corrected chi connectivity index (χ0v) is 11.1. The van der Waals surface area contributed by atoms with E-state index in [1.807, 2.05) is 23.1 Å². The highest BCUT2D eigenvalue weighted by atomic mass is 16.2. The smallest absolute Gasteiger partial charge is 0.240 e. The minimum Gasteiger partial charge on any atom is -0.337 e. The SMILES string of the molecule is CCCNC1CCCN(Cc2ccccc2)C1=O. The third-order valence-corrected chi connectivity index (χ3v) is 3.39. The second-order valence-corrected chi connectivity index (χ2v) is 4.89. The first-order valence-corrected chi connectivity index (χ1v) is 6.87. The molecule has 1 aromatic carbocycles. The summed E-state index contributed by atoms with van der Waals surface area (Å²) in [4.78, 5) is 14.3. The molecule has 1 N–H and O–H groups in total. The van der Waals surface area contributed by atoms with Crippen LogP contribution in [0.15, 0.2) is 30.3 Å². The van der Waals surface area contributed by atoms with Gasteiger partial charge in [-0.2, -0.15) is 0 Å². The second-order valence-electron chi connectivity index (χ2n) is 4.89. The fourth-order valence-corrected chi connectivity index (χ4v) is 2.41. The lowest BCUT2D eigenvalue weighted by Gasteiger charge is -2.32. The van der Waals surface area contributed by atoms with Crippen LogP contribution in [0.4, 0.5) is 0 Å². The summed E-state index contributed by atoms with van der Waals surface area (Å²) in [6, 6.07) is 10.2. The largest absolute Gasteiger partial charge is 0.337 e. The van der Waals surface area contributed by atoms with Crippen molar-refractivity contribution < 1.29 is 4.79 Å². The molecule has 1 aliphatic rings. The van der Waals surface area contributed by atoms with Gasteiger partial charge in [0.25, 0.3) is 0 Å². The molecule has 1 amide bonds. The Morgan fingerprint density at radius 1 is 1.33 bits per heavy atom. The van der Waals surface area contributed by atoms with Gasteiger partial charge >= 0.3 is 0 Å². The predicted octanol–water partition coefficient (Wildman–Crippen LogP) is 2.18. The molecule has 18 heavy (non-hydrogen) atoms. The fraction of sp³-hybridized carbons (Fsp3) is 0.533. The summed E-state index contributed by atoms with van der Waals surface area (Å²) in [5, 5.41) is 3.35. The van der Waals surface area contributed by atoms with E-state index in [0.717, 1.165) is 38.9 Å². The van der Waals surface area contributed by atoms with Crippen molar-refractivity contribution in [2.24, 2.45) is 0 Å². The maximum Gasteiger partial charge on any atom is 0.240 e. The van der Waals surface area contributed by atoms with Crippen LogP contribution < -0.4 is 5.32 Å². The van der Waals surface area contributed by atoms with Gasteiger partial charge < -0.3 is 10.2 Å². The molecule has 0 spiro atoms. The maximum absolute atomic E-state index is 12.3. The zero-order valence-electron chi connectivity index (χ0n) is 11.1. The average Bonchev–Trinajstić information content (AvgIpc) is 2.41. The first kappa shape index (κ1) is 13.1.